The summed E-state index contributed by atoms with van der Waals surface area (Å²) in [5.41, 5.74) is 0.130. The standard InChI is InChI=1S/C7H7BrN4O4/c1-4(5(13)14)2-3-11-6(8)9-7(10-11)12(15)16/h2H,3H2,1H3,(H,13,14). The fourth-order valence-electron chi connectivity index (χ4n) is 0.816. The summed E-state index contributed by atoms with van der Waals surface area (Å²) in [6.07, 6.45) is 1.38. The summed E-state index contributed by atoms with van der Waals surface area (Å²) in [7, 11) is 0. The van der Waals surface area contributed by atoms with Gasteiger partial charge in [0.15, 0.2) is 0 Å². The van der Waals surface area contributed by atoms with Crippen LogP contribution in [0.1, 0.15) is 6.92 Å². The fraction of sp³-hybridized carbons (Fsp3) is 0.286. The molecule has 0 saturated heterocycles. The van der Waals surface area contributed by atoms with E-state index < -0.39 is 16.8 Å². The Bertz CT molecular complexity index is 467. The van der Waals surface area contributed by atoms with Crippen molar-refractivity contribution in [2.24, 2.45) is 0 Å². The molecule has 0 radical (unpaired) electrons. The Labute approximate surface area is 97.9 Å². The van der Waals surface area contributed by atoms with Crippen molar-refractivity contribution in [3.63, 3.8) is 0 Å². The number of halogens is 1. The summed E-state index contributed by atoms with van der Waals surface area (Å²) in [4.78, 5) is 23.6. The lowest BCUT2D eigenvalue weighted by Crippen LogP contribution is -2.02. The van der Waals surface area contributed by atoms with Crippen LogP contribution in [0.5, 0.6) is 0 Å². The van der Waals surface area contributed by atoms with Crippen LogP contribution in [0, 0.1) is 10.1 Å². The first-order valence-corrected chi connectivity index (χ1v) is 4.86. The maximum absolute atomic E-state index is 10.5. The first kappa shape index (κ1) is 12.3. The van der Waals surface area contributed by atoms with Gasteiger partial charge in [0.1, 0.15) is 0 Å². The number of hydrogen-bond acceptors (Lipinski definition) is 5. The molecule has 0 unspecified atom stereocenters. The van der Waals surface area contributed by atoms with Gasteiger partial charge in [-0.15, -0.1) is 0 Å². The molecule has 0 aliphatic heterocycles. The molecular weight excluding hydrogens is 284 g/mol. The van der Waals surface area contributed by atoms with Crippen LogP contribution in [0.2, 0.25) is 0 Å². The van der Waals surface area contributed by atoms with E-state index in [1.54, 1.807) is 0 Å². The van der Waals surface area contributed by atoms with Crippen LogP contribution in [0.25, 0.3) is 0 Å². The quantitative estimate of drug-likeness (QED) is 0.503. The molecule has 0 fully saturated rings. The van der Waals surface area contributed by atoms with Gasteiger partial charge in [-0.25, -0.2) is 4.79 Å². The second-order valence-corrected chi connectivity index (χ2v) is 3.52. The van der Waals surface area contributed by atoms with Crippen LogP contribution in [0.15, 0.2) is 16.4 Å². The Morgan fingerprint density at radius 1 is 1.75 bits per heavy atom. The van der Waals surface area contributed by atoms with E-state index >= 15 is 0 Å². The second kappa shape index (κ2) is 4.84. The maximum atomic E-state index is 10.5. The average Bonchev–Trinajstić information content (AvgIpc) is 2.56. The number of nitrogens with zero attached hydrogens (tertiary/aromatic N) is 4. The van der Waals surface area contributed by atoms with Crippen LogP contribution in [0.4, 0.5) is 5.95 Å². The molecule has 0 aliphatic carbocycles. The van der Waals surface area contributed by atoms with E-state index in [9.17, 15) is 14.9 Å². The third kappa shape index (κ3) is 2.86. The zero-order chi connectivity index (χ0) is 12.3. The number of aromatic nitrogens is 3. The van der Waals surface area contributed by atoms with Gasteiger partial charge in [0.25, 0.3) is 4.73 Å². The lowest BCUT2D eigenvalue weighted by molar-refractivity contribution is -0.394. The number of hydrogen-bond donors (Lipinski definition) is 1. The van der Waals surface area contributed by atoms with Gasteiger partial charge in [0.05, 0.1) is 6.54 Å². The molecule has 0 saturated carbocycles. The molecule has 0 aliphatic rings. The Hall–Kier alpha value is -1.77. The molecule has 1 aromatic heterocycles. The third-order valence-corrected chi connectivity index (χ3v) is 2.27. The average molecular weight is 291 g/mol. The molecule has 16 heavy (non-hydrogen) atoms. The molecule has 9 heteroatoms. The summed E-state index contributed by atoms with van der Waals surface area (Å²) in [6.45, 7) is 1.52. The molecule has 8 nitrogen and oxygen atoms in total. The predicted octanol–water partition coefficient (Wildman–Crippen LogP) is 0.980. The SMILES string of the molecule is CC(=CCn1nc([N+](=O)[O-])nc1Br)C(=O)O. The van der Waals surface area contributed by atoms with Crippen molar-refractivity contribution in [1.82, 2.24) is 14.8 Å². The van der Waals surface area contributed by atoms with Gasteiger partial charge in [-0.05, 0) is 16.8 Å². The number of allylic oxidation sites excluding steroid dienone is 1. The van der Waals surface area contributed by atoms with Crippen LogP contribution in [-0.4, -0.2) is 30.8 Å². The smallest absolute Gasteiger partial charge is 0.478 e. The number of carboxylic acid groups (broad SMARTS) is 1. The van der Waals surface area contributed by atoms with Crippen molar-refractivity contribution in [2.45, 2.75) is 13.5 Å². The van der Waals surface area contributed by atoms with E-state index in [-0.39, 0.29) is 16.9 Å². The number of rotatable bonds is 4. The van der Waals surface area contributed by atoms with E-state index in [1.807, 2.05) is 0 Å². The van der Waals surface area contributed by atoms with Crippen LogP contribution < -0.4 is 0 Å². The first-order chi connectivity index (χ1) is 7.41. The highest BCUT2D eigenvalue weighted by atomic mass is 79.9. The topological polar surface area (TPSA) is 111 Å². The molecule has 0 spiro atoms. The zero-order valence-electron chi connectivity index (χ0n) is 8.12. The highest BCUT2D eigenvalue weighted by Crippen LogP contribution is 2.12. The van der Waals surface area contributed by atoms with Gasteiger partial charge in [0.2, 0.25) is 0 Å². The molecule has 0 aromatic carbocycles. The van der Waals surface area contributed by atoms with Gasteiger partial charge >= 0.3 is 11.9 Å². The van der Waals surface area contributed by atoms with Crippen molar-refractivity contribution in [2.75, 3.05) is 0 Å². The molecule has 0 atom stereocenters. The van der Waals surface area contributed by atoms with Gasteiger partial charge in [0, 0.05) is 26.6 Å². The Morgan fingerprint density at radius 3 is 2.81 bits per heavy atom. The second-order valence-electron chi connectivity index (χ2n) is 2.81. The highest BCUT2D eigenvalue weighted by molar-refractivity contribution is 9.10. The Balaban J connectivity index is 2.86. The molecule has 1 heterocycles. The predicted molar refractivity (Wildman–Crippen MR) is 55.8 cm³/mol. The minimum absolute atomic E-state index is 0.0968. The maximum Gasteiger partial charge on any atom is 0.492 e. The van der Waals surface area contributed by atoms with Gasteiger partial charge in [-0.1, -0.05) is 6.08 Å². The summed E-state index contributed by atoms with van der Waals surface area (Å²) < 4.78 is 1.36. The number of aliphatic carboxylic acids is 1. The Kier molecular flexibility index (Phi) is 3.72. The molecule has 1 rings (SSSR count). The fourth-order valence-corrected chi connectivity index (χ4v) is 1.20. The van der Waals surface area contributed by atoms with Gasteiger partial charge in [-0.3, -0.25) is 0 Å². The summed E-state index contributed by atoms with van der Waals surface area (Å²) >= 11 is 2.98. The van der Waals surface area contributed by atoms with Crippen molar-refractivity contribution in [3.05, 3.63) is 26.5 Å². The molecule has 1 aromatic rings. The van der Waals surface area contributed by atoms with Crippen LogP contribution in [0.3, 0.4) is 0 Å². The molecule has 0 bridgehead atoms. The van der Waals surface area contributed by atoms with E-state index in [1.165, 1.54) is 17.7 Å². The van der Waals surface area contributed by atoms with Crippen molar-refractivity contribution in [3.8, 4) is 0 Å². The van der Waals surface area contributed by atoms with E-state index in [0.717, 1.165) is 0 Å². The number of nitro groups is 1. The van der Waals surface area contributed by atoms with E-state index in [2.05, 4.69) is 26.0 Å². The third-order valence-electron chi connectivity index (χ3n) is 1.69. The minimum atomic E-state index is -1.05. The minimum Gasteiger partial charge on any atom is -0.478 e. The normalized spacial score (nSPS) is 11.5. The summed E-state index contributed by atoms with van der Waals surface area (Å²) in [6, 6.07) is 0. The molecular formula is C7H7BrN4O4. The molecule has 0 amide bonds. The van der Waals surface area contributed by atoms with Crippen molar-refractivity contribution >= 4 is 27.8 Å². The zero-order valence-corrected chi connectivity index (χ0v) is 9.71. The molecule has 86 valence electrons. The molecule has 1 N–H and O–H groups in total. The van der Waals surface area contributed by atoms with Gasteiger partial charge < -0.3 is 15.2 Å². The van der Waals surface area contributed by atoms with E-state index in [0.29, 0.717) is 0 Å². The largest absolute Gasteiger partial charge is 0.492 e. The summed E-state index contributed by atoms with van der Waals surface area (Å²) in [5.74, 6) is -1.58. The van der Waals surface area contributed by atoms with E-state index in [4.69, 9.17) is 5.11 Å². The first-order valence-electron chi connectivity index (χ1n) is 4.06. The Morgan fingerprint density at radius 2 is 2.38 bits per heavy atom. The van der Waals surface area contributed by atoms with Crippen molar-refractivity contribution in [1.29, 1.82) is 0 Å². The highest BCUT2D eigenvalue weighted by Gasteiger charge is 2.18. The number of carbonyl (C=O) groups is 1. The van der Waals surface area contributed by atoms with Crippen molar-refractivity contribution < 1.29 is 14.8 Å². The number of carboxylic acids is 1. The van der Waals surface area contributed by atoms with Crippen LogP contribution in [-0.2, 0) is 11.3 Å². The van der Waals surface area contributed by atoms with Crippen LogP contribution >= 0.6 is 15.9 Å². The van der Waals surface area contributed by atoms with Gasteiger partial charge in [-0.2, -0.15) is 4.68 Å². The lowest BCUT2D eigenvalue weighted by Gasteiger charge is -1.93. The lowest BCUT2D eigenvalue weighted by atomic mass is 10.3. The monoisotopic (exact) mass is 290 g/mol. The summed E-state index contributed by atoms with van der Waals surface area (Å²) in [5, 5.41) is 22.5.